The van der Waals surface area contributed by atoms with E-state index in [1.165, 1.54) is 12.0 Å². The maximum Gasteiger partial charge on any atom is 0.105 e. The maximum atomic E-state index is 10.3. The summed E-state index contributed by atoms with van der Waals surface area (Å²) in [6.45, 7) is 4.22. The molecule has 1 fully saturated rings. The Labute approximate surface area is 116 Å². The minimum atomic E-state index is -0.667. The summed E-state index contributed by atoms with van der Waals surface area (Å²) in [5.74, 6) is 0. The lowest BCUT2D eigenvalue weighted by Crippen LogP contribution is -2.46. The van der Waals surface area contributed by atoms with Crippen LogP contribution in [0.5, 0.6) is 0 Å². The molecule has 19 heavy (non-hydrogen) atoms. The van der Waals surface area contributed by atoms with Crippen LogP contribution in [0.25, 0.3) is 0 Å². The van der Waals surface area contributed by atoms with Crippen LogP contribution in [0.3, 0.4) is 0 Å². The van der Waals surface area contributed by atoms with Crippen LogP contribution in [0.4, 0.5) is 0 Å². The van der Waals surface area contributed by atoms with E-state index in [4.69, 9.17) is 4.74 Å². The first kappa shape index (κ1) is 14.5. The van der Waals surface area contributed by atoms with Crippen LogP contribution in [0.1, 0.15) is 31.7 Å². The minimum absolute atomic E-state index is 0.0516. The zero-order valence-corrected chi connectivity index (χ0v) is 11.8. The van der Waals surface area contributed by atoms with Crippen LogP contribution in [0.2, 0.25) is 0 Å². The summed E-state index contributed by atoms with van der Waals surface area (Å²) < 4.78 is 5.41. The van der Waals surface area contributed by atoms with Crippen molar-refractivity contribution in [2.45, 2.75) is 44.3 Å². The van der Waals surface area contributed by atoms with Gasteiger partial charge in [-0.25, -0.2) is 0 Å². The molecule has 1 aromatic rings. The lowest BCUT2D eigenvalue weighted by Gasteiger charge is -2.26. The molecule has 3 nitrogen and oxygen atoms in total. The van der Waals surface area contributed by atoms with Crippen LogP contribution in [-0.2, 0) is 11.2 Å². The van der Waals surface area contributed by atoms with Crippen molar-refractivity contribution in [3.05, 3.63) is 35.9 Å². The molecule has 1 saturated heterocycles. The largest absolute Gasteiger partial charge is 0.386 e. The van der Waals surface area contributed by atoms with Gasteiger partial charge in [-0.3, -0.25) is 0 Å². The average Bonchev–Trinajstić information content (AvgIpc) is 2.75. The molecule has 1 heterocycles. The molecule has 0 radical (unpaired) electrons. The highest BCUT2D eigenvalue weighted by atomic mass is 16.5. The van der Waals surface area contributed by atoms with Crippen molar-refractivity contribution in [2.24, 2.45) is 0 Å². The van der Waals surface area contributed by atoms with Gasteiger partial charge in [-0.05, 0) is 38.3 Å². The van der Waals surface area contributed by atoms with Gasteiger partial charge in [0.25, 0.3) is 0 Å². The maximum absolute atomic E-state index is 10.3. The van der Waals surface area contributed by atoms with Crippen LogP contribution < -0.4 is 5.32 Å². The fraction of sp³-hybridized carbons (Fsp3) is 0.625. The summed E-state index contributed by atoms with van der Waals surface area (Å²) in [5, 5.41) is 13.7. The highest BCUT2D eigenvalue weighted by Gasteiger charge is 2.38. The van der Waals surface area contributed by atoms with Gasteiger partial charge in [0, 0.05) is 19.6 Å². The Morgan fingerprint density at radius 2 is 2.11 bits per heavy atom. The molecular formula is C16H25NO2. The third-order valence-electron chi connectivity index (χ3n) is 4.00. The van der Waals surface area contributed by atoms with E-state index >= 15 is 0 Å². The van der Waals surface area contributed by atoms with Crippen LogP contribution in [-0.4, -0.2) is 36.5 Å². The van der Waals surface area contributed by atoms with Gasteiger partial charge in [0.1, 0.15) is 5.60 Å². The number of rotatable bonds is 7. The van der Waals surface area contributed by atoms with Gasteiger partial charge in [0.2, 0.25) is 0 Å². The standard InChI is InChI=1S/C16H25NO2/c1-14-16(18,10-12-19-14)13-17-11-6-5-9-15-7-3-2-4-8-15/h2-4,7-8,14,17-18H,5-6,9-13H2,1H3. The van der Waals surface area contributed by atoms with E-state index in [9.17, 15) is 5.11 Å². The minimum Gasteiger partial charge on any atom is -0.386 e. The zero-order valence-electron chi connectivity index (χ0n) is 11.8. The molecule has 1 aliphatic rings. The number of aliphatic hydroxyl groups is 1. The van der Waals surface area contributed by atoms with E-state index in [0.717, 1.165) is 25.8 Å². The quantitative estimate of drug-likeness (QED) is 0.741. The molecule has 1 aliphatic heterocycles. The molecule has 106 valence electrons. The Kier molecular flexibility index (Phi) is 5.37. The highest BCUT2D eigenvalue weighted by molar-refractivity contribution is 5.14. The Balaban J connectivity index is 1.55. The van der Waals surface area contributed by atoms with Gasteiger partial charge in [0.15, 0.2) is 0 Å². The zero-order chi connectivity index (χ0) is 13.6. The molecule has 2 atom stereocenters. The van der Waals surface area contributed by atoms with Crippen molar-refractivity contribution < 1.29 is 9.84 Å². The highest BCUT2D eigenvalue weighted by Crippen LogP contribution is 2.24. The third kappa shape index (κ3) is 4.30. The number of aryl methyl sites for hydroxylation is 1. The second-order valence-corrected chi connectivity index (χ2v) is 5.49. The summed E-state index contributed by atoms with van der Waals surface area (Å²) in [6.07, 6.45) is 4.14. The molecule has 0 spiro atoms. The van der Waals surface area contributed by atoms with E-state index < -0.39 is 5.60 Å². The van der Waals surface area contributed by atoms with Crippen LogP contribution in [0.15, 0.2) is 30.3 Å². The Morgan fingerprint density at radius 3 is 2.79 bits per heavy atom. The molecule has 2 unspecified atom stereocenters. The van der Waals surface area contributed by atoms with Crippen molar-refractivity contribution in [3.8, 4) is 0 Å². The van der Waals surface area contributed by atoms with Crippen molar-refractivity contribution in [2.75, 3.05) is 19.7 Å². The molecule has 0 bridgehead atoms. The smallest absolute Gasteiger partial charge is 0.105 e. The van der Waals surface area contributed by atoms with Gasteiger partial charge in [0.05, 0.1) is 6.10 Å². The first-order valence-electron chi connectivity index (χ1n) is 7.29. The Hall–Kier alpha value is -0.900. The molecule has 2 rings (SSSR count). The number of ether oxygens (including phenoxy) is 1. The van der Waals surface area contributed by atoms with Crippen LogP contribution in [0, 0.1) is 0 Å². The molecule has 0 amide bonds. The normalized spacial score (nSPS) is 26.7. The summed E-state index contributed by atoms with van der Waals surface area (Å²) in [6, 6.07) is 10.6. The van der Waals surface area contributed by atoms with Crippen molar-refractivity contribution in [3.63, 3.8) is 0 Å². The lowest BCUT2D eigenvalue weighted by molar-refractivity contribution is -0.0260. The summed E-state index contributed by atoms with van der Waals surface area (Å²) in [4.78, 5) is 0. The Bertz CT molecular complexity index is 368. The van der Waals surface area contributed by atoms with Gasteiger partial charge >= 0.3 is 0 Å². The van der Waals surface area contributed by atoms with E-state index in [-0.39, 0.29) is 6.10 Å². The number of unbranched alkanes of at least 4 members (excludes halogenated alkanes) is 1. The van der Waals surface area contributed by atoms with E-state index in [1.54, 1.807) is 0 Å². The fourth-order valence-electron chi connectivity index (χ4n) is 2.53. The second kappa shape index (κ2) is 7.04. The van der Waals surface area contributed by atoms with E-state index in [1.807, 2.05) is 6.92 Å². The molecule has 0 aliphatic carbocycles. The van der Waals surface area contributed by atoms with Crippen LogP contribution >= 0.6 is 0 Å². The van der Waals surface area contributed by atoms with Crippen molar-refractivity contribution in [1.29, 1.82) is 0 Å². The summed E-state index contributed by atoms with van der Waals surface area (Å²) in [7, 11) is 0. The van der Waals surface area contributed by atoms with Gasteiger partial charge in [-0.15, -0.1) is 0 Å². The molecule has 2 N–H and O–H groups in total. The lowest BCUT2D eigenvalue weighted by atomic mass is 9.97. The van der Waals surface area contributed by atoms with Gasteiger partial charge in [-0.2, -0.15) is 0 Å². The van der Waals surface area contributed by atoms with E-state index in [2.05, 4.69) is 35.6 Å². The van der Waals surface area contributed by atoms with Gasteiger partial charge in [-0.1, -0.05) is 30.3 Å². The molecule has 0 aromatic heterocycles. The molecule has 3 heteroatoms. The number of nitrogens with one attached hydrogen (secondary N) is 1. The number of benzene rings is 1. The first-order chi connectivity index (χ1) is 9.21. The van der Waals surface area contributed by atoms with E-state index in [0.29, 0.717) is 13.2 Å². The number of hydrogen-bond acceptors (Lipinski definition) is 3. The predicted octanol–water partition coefficient (Wildman–Crippen LogP) is 2.14. The van der Waals surface area contributed by atoms with Gasteiger partial charge < -0.3 is 15.2 Å². The predicted molar refractivity (Wildman–Crippen MR) is 77.2 cm³/mol. The third-order valence-corrected chi connectivity index (χ3v) is 4.00. The summed E-state index contributed by atoms with van der Waals surface area (Å²) in [5.41, 5.74) is 0.735. The topological polar surface area (TPSA) is 41.5 Å². The van der Waals surface area contributed by atoms with Crippen molar-refractivity contribution in [1.82, 2.24) is 5.32 Å². The Morgan fingerprint density at radius 1 is 1.32 bits per heavy atom. The average molecular weight is 263 g/mol. The SMILES string of the molecule is CC1OCCC1(O)CNCCCCc1ccccc1. The first-order valence-corrected chi connectivity index (χ1v) is 7.29. The number of hydrogen-bond donors (Lipinski definition) is 2. The molecule has 0 saturated carbocycles. The fourth-order valence-corrected chi connectivity index (χ4v) is 2.53. The van der Waals surface area contributed by atoms with Crippen molar-refractivity contribution >= 4 is 0 Å². The second-order valence-electron chi connectivity index (χ2n) is 5.49. The molecule has 1 aromatic carbocycles. The summed E-state index contributed by atoms with van der Waals surface area (Å²) >= 11 is 0. The molecular weight excluding hydrogens is 238 g/mol. The monoisotopic (exact) mass is 263 g/mol.